The summed E-state index contributed by atoms with van der Waals surface area (Å²) in [5, 5.41) is 17.3. The number of nitrogens with one attached hydrogen (secondary N) is 4. The summed E-state index contributed by atoms with van der Waals surface area (Å²) < 4.78 is 22.2. The number of nitrogens with zero attached hydrogens (tertiary/aromatic N) is 3. The van der Waals surface area contributed by atoms with Crippen LogP contribution in [0.2, 0.25) is 0 Å². The molecular formula is C25H37N9O8S3. The monoisotopic (exact) mass is 687 g/mol. The maximum Gasteiger partial charge on any atom is 0.272 e. The van der Waals surface area contributed by atoms with Gasteiger partial charge in [-0.3, -0.25) is 30.0 Å². The number of aliphatic hydroxyl groups is 1. The number of carbonyl (C=O) groups is 3. The first-order valence-electron chi connectivity index (χ1n) is 12.7. The molecule has 0 spiro atoms. The van der Waals surface area contributed by atoms with E-state index in [-0.39, 0.29) is 30.3 Å². The summed E-state index contributed by atoms with van der Waals surface area (Å²) in [6.07, 6.45) is 2.82. The van der Waals surface area contributed by atoms with Crippen LogP contribution in [0.4, 0.5) is 0 Å². The van der Waals surface area contributed by atoms with Crippen molar-refractivity contribution in [1.29, 1.82) is 0 Å². The topological polar surface area (TPSA) is 252 Å². The van der Waals surface area contributed by atoms with E-state index < -0.39 is 29.5 Å². The number of allylic oxidation sites excluding steroid dienone is 1. The van der Waals surface area contributed by atoms with Crippen LogP contribution in [0.25, 0.3) is 0 Å². The van der Waals surface area contributed by atoms with Gasteiger partial charge in [0.2, 0.25) is 0 Å². The third kappa shape index (κ3) is 11.3. The maximum atomic E-state index is 13.1. The van der Waals surface area contributed by atoms with Gasteiger partial charge in [0.1, 0.15) is 43.0 Å². The van der Waals surface area contributed by atoms with Gasteiger partial charge in [-0.05, 0) is 45.0 Å². The molecule has 1 aliphatic rings. The molecule has 0 radical (unpaired) electrons. The fourth-order valence-corrected chi connectivity index (χ4v) is 4.42. The van der Waals surface area contributed by atoms with Crippen molar-refractivity contribution in [2.45, 2.75) is 45.0 Å². The third-order valence-electron chi connectivity index (χ3n) is 5.79. The number of amides is 2. The highest BCUT2D eigenvalue weighted by Gasteiger charge is 2.57. The number of aliphatic hydroxyl groups excluding tert-OH is 1. The molecule has 248 valence electrons. The zero-order chi connectivity index (χ0) is 34.0. The predicted octanol–water partition coefficient (Wildman–Crippen LogP) is 0.509. The van der Waals surface area contributed by atoms with Crippen LogP contribution in [-0.4, -0.2) is 85.9 Å². The van der Waals surface area contributed by atoms with Crippen molar-refractivity contribution in [3.05, 3.63) is 59.4 Å². The van der Waals surface area contributed by atoms with E-state index in [0.29, 0.717) is 24.0 Å². The quantitative estimate of drug-likeness (QED) is 0.0175. The molecule has 17 nitrogen and oxygen atoms in total. The number of β-lactam (4-membered cyclic amide) rings is 1. The highest BCUT2D eigenvalue weighted by Crippen LogP contribution is 2.33. The summed E-state index contributed by atoms with van der Waals surface area (Å²) in [5.41, 5.74) is 8.47. The Morgan fingerprint density at radius 1 is 1.33 bits per heavy atom. The van der Waals surface area contributed by atoms with Crippen LogP contribution < -0.4 is 31.1 Å². The molecule has 2 aromatic rings. The third-order valence-corrected chi connectivity index (χ3v) is 6.58. The zero-order valence-electron chi connectivity index (χ0n) is 24.9. The molecule has 1 aliphatic heterocycles. The lowest BCUT2D eigenvalue weighted by molar-refractivity contribution is -0.214. The number of imidazole rings is 1. The van der Waals surface area contributed by atoms with Crippen LogP contribution >= 0.6 is 36.7 Å². The number of rotatable bonds is 16. The van der Waals surface area contributed by atoms with Crippen molar-refractivity contribution in [2.75, 3.05) is 13.7 Å². The van der Waals surface area contributed by atoms with Crippen molar-refractivity contribution in [3.8, 4) is 5.75 Å². The van der Waals surface area contributed by atoms with E-state index in [1.165, 1.54) is 5.37 Å². The van der Waals surface area contributed by atoms with Crippen molar-refractivity contribution in [3.63, 3.8) is 0 Å². The highest BCUT2D eigenvalue weighted by atomic mass is 32.2. The first-order valence-corrected chi connectivity index (χ1v) is 14.8. The molecule has 2 atom stereocenters. The molecule has 1 aromatic carbocycles. The summed E-state index contributed by atoms with van der Waals surface area (Å²) in [6.45, 7) is 7.49. The minimum atomic E-state index is -0.941. The smallest absolute Gasteiger partial charge is 0.272 e. The average Bonchev–Trinajstić information content (AvgIpc) is 3.59. The SMILES string of the molecule is C=O.CC(COc1ccc(C(N)=NCc2ncc[nH]2)cc1)ON/C(C(=O)N[C@@H]1C(=O)N(OSO)C1(C)C)=C(/C=S)NSN.CO. The van der Waals surface area contributed by atoms with Gasteiger partial charge in [0.25, 0.3) is 11.8 Å². The van der Waals surface area contributed by atoms with E-state index in [0.717, 1.165) is 29.9 Å². The first kappa shape index (κ1) is 39.3. The number of aliphatic imine (C=N–C) groups is 1. The van der Waals surface area contributed by atoms with E-state index in [4.69, 9.17) is 51.4 Å². The number of thiocarbonyl (C=S) groups is 1. The lowest BCUT2D eigenvalue weighted by atomic mass is 9.84. The van der Waals surface area contributed by atoms with Gasteiger partial charge in [-0.25, -0.2) is 4.98 Å². The zero-order valence-corrected chi connectivity index (χ0v) is 27.3. The Balaban J connectivity index is 0.00000243. The van der Waals surface area contributed by atoms with Gasteiger partial charge in [-0.1, -0.05) is 12.2 Å². The lowest BCUT2D eigenvalue weighted by Gasteiger charge is -2.50. The van der Waals surface area contributed by atoms with Crippen LogP contribution in [0.15, 0.2) is 53.0 Å². The van der Waals surface area contributed by atoms with Gasteiger partial charge in [-0.2, -0.15) is 9.35 Å². The van der Waals surface area contributed by atoms with Gasteiger partial charge in [-0.15, -0.1) is 0 Å². The molecule has 1 unspecified atom stereocenters. The van der Waals surface area contributed by atoms with Crippen molar-refractivity contribution in [2.24, 2.45) is 15.9 Å². The number of ether oxygens (including phenoxy) is 1. The summed E-state index contributed by atoms with van der Waals surface area (Å²) >= 11 is 5.76. The average molecular weight is 688 g/mol. The van der Waals surface area contributed by atoms with E-state index in [2.05, 4.69) is 30.5 Å². The number of benzene rings is 1. The Labute approximate surface area is 274 Å². The van der Waals surface area contributed by atoms with Crippen LogP contribution in [-0.2, 0) is 30.0 Å². The number of aromatic nitrogens is 2. The minimum absolute atomic E-state index is 0.0309. The number of hydrogen-bond donors (Lipinski definition) is 8. The van der Waals surface area contributed by atoms with Crippen LogP contribution in [0.1, 0.15) is 32.2 Å². The number of H-pyrrole nitrogens is 1. The highest BCUT2D eigenvalue weighted by molar-refractivity contribution is 7.95. The molecule has 20 heteroatoms. The normalized spacial score (nSPS) is 16.3. The number of amidine groups is 1. The minimum Gasteiger partial charge on any atom is -0.491 e. The molecular weight excluding hydrogens is 651 g/mol. The Morgan fingerprint density at radius 2 is 2.00 bits per heavy atom. The molecule has 0 bridgehead atoms. The van der Waals surface area contributed by atoms with Crippen LogP contribution in [0.5, 0.6) is 5.75 Å². The molecule has 1 saturated heterocycles. The van der Waals surface area contributed by atoms with E-state index >= 15 is 0 Å². The molecule has 2 amide bonds. The number of hydroxylamine groups is 3. The first-order chi connectivity index (χ1) is 21.6. The van der Waals surface area contributed by atoms with Gasteiger partial charge in [0, 0.05) is 42.6 Å². The molecule has 2 heterocycles. The van der Waals surface area contributed by atoms with Crippen LogP contribution in [0.3, 0.4) is 0 Å². The van der Waals surface area contributed by atoms with E-state index in [9.17, 15) is 9.59 Å². The predicted molar refractivity (Wildman–Crippen MR) is 174 cm³/mol. The van der Waals surface area contributed by atoms with Gasteiger partial charge in [0.05, 0.1) is 17.8 Å². The van der Waals surface area contributed by atoms with Crippen molar-refractivity contribution in [1.82, 2.24) is 30.6 Å². The number of carbonyl (C=O) groups excluding carboxylic acids is 3. The standard InChI is InChI=1S/C23H31N9O6S3.CH4O.CH2O/c1-13(11-36-15-6-4-14(5-7-15)20(24)28-10-17-26-8-9-27-17)37-30-18(16(12-39)31-40-25)21(33)29-19-22(34)32(38-41-35)23(19,2)3;2*1-2/h4-9,12-13,19,30-31,35H,10-11,25H2,1-3H3,(H2,24,28)(H,26,27)(H,29,33);2H,1H3;1H2/b18-16-;;/t13?,19-;;/m1../s1. The number of nitrogens with two attached hydrogens (primary N) is 2. The Hall–Kier alpha value is -3.76. The van der Waals surface area contributed by atoms with Crippen molar-refractivity contribution >= 4 is 66.5 Å². The van der Waals surface area contributed by atoms with Gasteiger partial charge in [0.15, 0.2) is 18.0 Å². The number of hydrogen-bond acceptors (Lipinski definition) is 16. The fourth-order valence-electron chi connectivity index (χ4n) is 3.55. The molecule has 1 fully saturated rings. The Kier molecular flexibility index (Phi) is 17.7. The van der Waals surface area contributed by atoms with Crippen molar-refractivity contribution < 1.29 is 37.9 Å². The van der Waals surface area contributed by atoms with E-state index in [1.54, 1.807) is 57.4 Å². The van der Waals surface area contributed by atoms with Gasteiger partial charge < -0.3 is 39.9 Å². The summed E-state index contributed by atoms with van der Waals surface area (Å²) in [4.78, 5) is 50.5. The summed E-state index contributed by atoms with van der Waals surface area (Å²) in [5.74, 6) is 0.398. The Bertz CT molecular complexity index is 1280. The largest absolute Gasteiger partial charge is 0.491 e. The molecule has 1 aromatic heterocycles. The van der Waals surface area contributed by atoms with E-state index in [1.807, 2.05) is 6.79 Å². The maximum absolute atomic E-state index is 13.1. The van der Waals surface area contributed by atoms with Crippen LogP contribution in [0, 0.1) is 0 Å². The summed E-state index contributed by atoms with van der Waals surface area (Å²) in [7, 11) is 1.00. The Morgan fingerprint density at radius 3 is 2.53 bits per heavy atom. The fraction of sp³-hybridized carbons (Fsp3) is 0.360. The number of aromatic amines is 1. The lowest BCUT2D eigenvalue weighted by Crippen LogP contribution is -2.76. The molecule has 0 saturated carbocycles. The van der Waals surface area contributed by atoms with Gasteiger partial charge >= 0.3 is 0 Å². The second kappa shape index (κ2) is 20.3. The second-order valence-corrected chi connectivity index (χ2v) is 10.0. The molecule has 0 aliphatic carbocycles. The molecule has 3 rings (SSSR count). The summed E-state index contributed by atoms with van der Waals surface area (Å²) in [6, 6.07) is 6.11. The molecule has 45 heavy (non-hydrogen) atoms. The second-order valence-electron chi connectivity index (χ2n) is 9.07. The molecule has 10 N–H and O–H groups in total.